The van der Waals surface area contributed by atoms with Gasteiger partial charge in [-0.2, -0.15) is 0 Å². The minimum absolute atomic E-state index is 0. The Morgan fingerprint density at radius 2 is 1.90 bits per heavy atom. The highest BCUT2D eigenvalue weighted by molar-refractivity contribution is 5.86. The van der Waals surface area contributed by atoms with Gasteiger partial charge < -0.3 is 15.0 Å². The van der Waals surface area contributed by atoms with Gasteiger partial charge >= 0.3 is 0 Å². The number of aromatic amines is 1. The maximum Gasteiger partial charge on any atom is 0.258 e. The molecule has 0 saturated heterocycles. The lowest BCUT2D eigenvalue weighted by Crippen LogP contribution is -2.22. The van der Waals surface area contributed by atoms with Crippen molar-refractivity contribution in [1.82, 2.24) is 14.9 Å². The van der Waals surface area contributed by atoms with Gasteiger partial charge in [-0.15, -0.1) is 0 Å². The minimum Gasteiger partial charge on any atom is -0.489 e. The zero-order valence-electron chi connectivity index (χ0n) is 15.4. The Kier molecular flexibility index (Phi) is 5.23. The van der Waals surface area contributed by atoms with E-state index < -0.39 is 0 Å². The SMILES string of the molecule is C.O=c1cc(OCc2ccccc2)ccn1-c1ccc2c3c([nH]c2c1)CCNC3. The van der Waals surface area contributed by atoms with Crippen LogP contribution in [0.25, 0.3) is 16.6 Å². The van der Waals surface area contributed by atoms with Crippen LogP contribution >= 0.6 is 0 Å². The number of fused-ring (bicyclic) bond motifs is 3. The Balaban J connectivity index is 0.00000205. The average molecular weight is 387 g/mol. The van der Waals surface area contributed by atoms with Crippen molar-refractivity contribution in [2.24, 2.45) is 0 Å². The normalized spacial score (nSPS) is 13.0. The first kappa shape index (κ1) is 19.0. The molecule has 1 aliphatic rings. The topological polar surface area (TPSA) is 59.0 Å². The summed E-state index contributed by atoms with van der Waals surface area (Å²) in [5, 5.41) is 4.64. The lowest BCUT2D eigenvalue weighted by atomic mass is 10.1. The van der Waals surface area contributed by atoms with Crippen molar-refractivity contribution in [1.29, 1.82) is 0 Å². The zero-order chi connectivity index (χ0) is 18.9. The van der Waals surface area contributed by atoms with Crippen molar-refractivity contribution in [3.8, 4) is 11.4 Å². The molecule has 29 heavy (non-hydrogen) atoms. The van der Waals surface area contributed by atoms with E-state index in [1.807, 2.05) is 48.5 Å². The van der Waals surface area contributed by atoms with E-state index in [-0.39, 0.29) is 13.0 Å². The predicted molar refractivity (Wildman–Crippen MR) is 117 cm³/mol. The fraction of sp³-hybridized carbons (Fsp3) is 0.208. The average Bonchev–Trinajstić information content (AvgIpc) is 3.11. The third-order valence-electron chi connectivity index (χ3n) is 5.25. The van der Waals surface area contributed by atoms with Crippen LogP contribution in [0.5, 0.6) is 5.75 Å². The Hall–Kier alpha value is -3.31. The van der Waals surface area contributed by atoms with Crippen molar-refractivity contribution < 1.29 is 4.74 Å². The Bertz CT molecular complexity index is 1190. The van der Waals surface area contributed by atoms with E-state index in [1.54, 1.807) is 10.8 Å². The van der Waals surface area contributed by atoms with Crippen LogP contribution in [0.15, 0.2) is 71.7 Å². The molecule has 4 aromatic rings. The van der Waals surface area contributed by atoms with Gasteiger partial charge in [0.2, 0.25) is 0 Å². The fourth-order valence-corrected chi connectivity index (χ4v) is 3.80. The van der Waals surface area contributed by atoms with Crippen molar-refractivity contribution in [3.05, 3.63) is 94.0 Å². The molecule has 5 heteroatoms. The summed E-state index contributed by atoms with van der Waals surface area (Å²) in [6.45, 7) is 2.33. The Morgan fingerprint density at radius 3 is 2.72 bits per heavy atom. The second-order valence-corrected chi connectivity index (χ2v) is 7.08. The van der Waals surface area contributed by atoms with Crippen LogP contribution < -0.4 is 15.6 Å². The number of ether oxygens (including phenoxy) is 1. The quantitative estimate of drug-likeness (QED) is 0.552. The molecule has 148 valence electrons. The van der Waals surface area contributed by atoms with E-state index >= 15 is 0 Å². The summed E-state index contributed by atoms with van der Waals surface area (Å²) < 4.78 is 7.41. The first-order valence-corrected chi connectivity index (χ1v) is 9.52. The molecule has 3 heterocycles. The van der Waals surface area contributed by atoms with Crippen LogP contribution in [0.3, 0.4) is 0 Å². The number of rotatable bonds is 4. The molecule has 2 aromatic heterocycles. The molecule has 0 spiro atoms. The minimum atomic E-state index is -0.108. The van der Waals surface area contributed by atoms with Gasteiger partial charge in [0.1, 0.15) is 12.4 Å². The molecule has 0 amide bonds. The Morgan fingerprint density at radius 1 is 1.03 bits per heavy atom. The van der Waals surface area contributed by atoms with Gasteiger partial charge in [-0.1, -0.05) is 43.8 Å². The summed E-state index contributed by atoms with van der Waals surface area (Å²) in [7, 11) is 0. The van der Waals surface area contributed by atoms with Crippen molar-refractivity contribution in [3.63, 3.8) is 0 Å². The number of hydrogen-bond acceptors (Lipinski definition) is 3. The van der Waals surface area contributed by atoms with Crippen LogP contribution in [0, 0.1) is 0 Å². The molecule has 0 bridgehead atoms. The van der Waals surface area contributed by atoms with Gasteiger partial charge in [-0.3, -0.25) is 9.36 Å². The molecule has 2 aromatic carbocycles. The third kappa shape index (κ3) is 3.69. The smallest absolute Gasteiger partial charge is 0.258 e. The largest absolute Gasteiger partial charge is 0.489 e. The standard InChI is InChI=1S/C23H21N3O2.CH4/c27-23-13-18(28-15-16-4-2-1-3-5-16)9-11-26(23)17-6-7-19-20-14-24-10-8-21(20)25-22(19)12-17;/h1-7,9,11-13,24-25H,8,10,14-15H2;1H4. The number of aromatic nitrogens is 2. The maximum absolute atomic E-state index is 12.6. The highest BCUT2D eigenvalue weighted by Gasteiger charge is 2.15. The summed E-state index contributed by atoms with van der Waals surface area (Å²) in [6.07, 6.45) is 2.78. The molecule has 0 saturated carbocycles. The molecule has 0 radical (unpaired) electrons. The number of benzene rings is 2. The van der Waals surface area contributed by atoms with Crippen LogP contribution in [0.2, 0.25) is 0 Å². The van der Waals surface area contributed by atoms with E-state index in [9.17, 15) is 4.79 Å². The van der Waals surface area contributed by atoms with E-state index in [0.29, 0.717) is 12.4 Å². The fourth-order valence-electron chi connectivity index (χ4n) is 3.80. The molecule has 0 aliphatic carbocycles. The molecule has 1 aliphatic heterocycles. The molecule has 0 atom stereocenters. The number of hydrogen-bond donors (Lipinski definition) is 2. The number of nitrogens with zero attached hydrogens (tertiary/aromatic N) is 1. The maximum atomic E-state index is 12.6. The highest BCUT2D eigenvalue weighted by Crippen LogP contribution is 2.26. The molecular weight excluding hydrogens is 362 g/mol. The molecule has 2 N–H and O–H groups in total. The van der Waals surface area contributed by atoms with Gasteiger partial charge in [0.15, 0.2) is 0 Å². The van der Waals surface area contributed by atoms with Gasteiger partial charge in [-0.25, -0.2) is 0 Å². The highest BCUT2D eigenvalue weighted by atomic mass is 16.5. The second kappa shape index (κ2) is 7.97. The predicted octanol–water partition coefficient (Wildman–Crippen LogP) is 4.18. The van der Waals surface area contributed by atoms with Crippen molar-refractivity contribution in [2.45, 2.75) is 27.0 Å². The van der Waals surface area contributed by atoms with E-state index in [4.69, 9.17) is 4.74 Å². The number of pyridine rings is 1. The number of H-pyrrole nitrogens is 1. The van der Waals surface area contributed by atoms with Gasteiger partial charge in [0.05, 0.1) is 5.69 Å². The first-order chi connectivity index (χ1) is 13.8. The molecule has 0 unspecified atom stereocenters. The van der Waals surface area contributed by atoms with Crippen LogP contribution in [0.1, 0.15) is 24.2 Å². The Labute approximate surface area is 170 Å². The van der Waals surface area contributed by atoms with Crippen molar-refractivity contribution >= 4 is 10.9 Å². The monoisotopic (exact) mass is 387 g/mol. The third-order valence-corrected chi connectivity index (χ3v) is 5.25. The lowest BCUT2D eigenvalue weighted by molar-refractivity contribution is 0.305. The molecule has 5 rings (SSSR count). The lowest BCUT2D eigenvalue weighted by Gasteiger charge is -2.12. The van der Waals surface area contributed by atoms with E-state index in [2.05, 4.69) is 16.4 Å². The van der Waals surface area contributed by atoms with E-state index in [0.717, 1.165) is 36.3 Å². The summed E-state index contributed by atoms with van der Waals surface area (Å²) >= 11 is 0. The van der Waals surface area contributed by atoms with Crippen LogP contribution in [-0.4, -0.2) is 16.1 Å². The summed E-state index contributed by atoms with van der Waals surface area (Å²) in [4.78, 5) is 16.2. The first-order valence-electron chi connectivity index (χ1n) is 9.52. The van der Waals surface area contributed by atoms with E-state index in [1.165, 1.54) is 22.7 Å². The number of nitrogens with one attached hydrogen (secondary N) is 2. The van der Waals surface area contributed by atoms with Crippen LogP contribution in [-0.2, 0) is 19.6 Å². The second-order valence-electron chi connectivity index (χ2n) is 7.08. The zero-order valence-corrected chi connectivity index (χ0v) is 15.4. The molecule has 5 nitrogen and oxygen atoms in total. The summed E-state index contributed by atoms with van der Waals surface area (Å²) in [6, 6.07) is 19.4. The molecule has 0 fully saturated rings. The summed E-state index contributed by atoms with van der Waals surface area (Å²) in [5.74, 6) is 0.576. The van der Waals surface area contributed by atoms with Crippen LogP contribution in [0.4, 0.5) is 0 Å². The van der Waals surface area contributed by atoms with Gasteiger partial charge in [0, 0.05) is 48.4 Å². The van der Waals surface area contributed by atoms with Gasteiger partial charge in [-0.05, 0) is 29.3 Å². The summed E-state index contributed by atoms with van der Waals surface area (Å²) in [5.41, 5.74) is 5.51. The van der Waals surface area contributed by atoms with Gasteiger partial charge in [0.25, 0.3) is 5.56 Å². The molecular formula is C24H25N3O2. The van der Waals surface area contributed by atoms with Crippen molar-refractivity contribution in [2.75, 3.05) is 6.54 Å².